The Balaban J connectivity index is 3.36. The highest BCUT2D eigenvalue weighted by atomic mass is 31.1. The summed E-state index contributed by atoms with van der Waals surface area (Å²) >= 11 is 0. The van der Waals surface area contributed by atoms with Gasteiger partial charge in [0.25, 0.3) is 6.47 Å². The first-order chi connectivity index (χ1) is 4.62. The second-order valence-corrected chi connectivity index (χ2v) is 5.88. The van der Waals surface area contributed by atoms with Crippen molar-refractivity contribution in [2.75, 3.05) is 13.3 Å². The summed E-state index contributed by atoms with van der Waals surface area (Å²) in [4.78, 5) is 10.0. The highest BCUT2D eigenvalue weighted by molar-refractivity contribution is 7.51. The van der Waals surface area contributed by atoms with Gasteiger partial charge in [-0.1, -0.05) is 6.92 Å². The van der Waals surface area contributed by atoms with Crippen LogP contribution in [0.15, 0.2) is 0 Å². The van der Waals surface area contributed by atoms with Gasteiger partial charge >= 0.3 is 0 Å². The summed E-state index contributed by atoms with van der Waals surface area (Å²) in [6.45, 7) is 5.32. The molecule has 0 radical (unpaired) electrons. The molecule has 0 bridgehead atoms. The summed E-state index contributed by atoms with van der Waals surface area (Å²) in [5.74, 6) is 0. The average Bonchev–Trinajstić information content (AvgIpc) is 1.89. The summed E-state index contributed by atoms with van der Waals surface area (Å²) in [5.41, 5.74) is 0. The maximum absolute atomic E-state index is 9.75. The number of rotatable bonds is 5. The molecular weight excluding hydrogens is 166 g/mol. The van der Waals surface area contributed by atoms with Gasteiger partial charge in [-0.15, -0.1) is 17.8 Å². The maximum Gasteiger partial charge on any atom is 0.293 e. The second-order valence-electron chi connectivity index (χ2n) is 2.38. The molecule has 0 aromatic rings. The third kappa shape index (κ3) is 5.14. The van der Waals surface area contributed by atoms with Crippen LogP contribution in [0.2, 0.25) is 0 Å². The monoisotopic (exact) mass is 180 g/mol. The third-order valence-electron chi connectivity index (χ3n) is 1.38. The fourth-order valence-corrected chi connectivity index (χ4v) is 0.914. The molecule has 2 nitrogen and oxygen atoms in total. The van der Waals surface area contributed by atoms with Crippen molar-refractivity contribution >= 4 is 24.3 Å². The summed E-state index contributed by atoms with van der Waals surface area (Å²) in [5, 5.41) is 0. The second kappa shape index (κ2) is 5.04. The van der Waals surface area contributed by atoms with Gasteiger partial charge in [0.2, 0.25) is 0 Å². The van der Waals surface area contributed by atoms with Crippen LogP contribution >= 0.6 is 17.8 Å². The van der Waals surface area contributed by atoms with E-state index in [9.17, 15) is 4.79 Å². The number of ether oxygens (including phenoxy) is 1. The molecule has 0 N–H and O–H groups in total. The Labute approximate surface area is 66.1 Å². The molecule has 0 aliphatic carbocycles. The van der Waals surface area contributed by atoms with E-state index in [1.165, 1.54) is 0 Å². The fourth-order valence-electron chi connectivity index (χ4n) is 0.444. The van der Waals surface area contributed by atoms with Crippen molar-refractivity contribution in [3.63, 3.8) is 0 Å². The lowest BCUT2D eigenvalue weighted by Crippen LogP contribution is -2.10. The van der Waals surface area contributed by atoms with Gasteiger partial charge in [0, 0.05) is 4.90 Å². The predicted octanol–water partition coefficient (Wildman–Crippen LogP) is 1.45. The molecule has 0 aliphatic rings. The minimum Gasteiger partial charge on any atom is -0.468 e. The van der Waals surface area contributed by atoms with E-state index in [4.69, 9.17) is 0 Å². The Bertz CT molecular complexity index is 104. The zero-order valence-electron chi connectivity index (χ0n) is 6.39. The Morgan fingerprint density at radius 1 is 1.80 bits per heavy atom. The summed E-state index contributed by atoms with van der Waals surface area (Å²) in [6.07, 6.45) is 0.922. The van der Waals surface area contributed by atoms with Crippen molar-refractivity contribution in [1.29, 1.82) is 0 Å². The van der Waals surface area contributed by atoms with Crippen LogP contribution in [-0.4, -0.2) is 24.6 Å². The van der Waals surface area contributed by atoms with Crippen LogP contribution in [0.3, 0.4) is 0 Å². The van der Waals surface area contributed by atoms with Crippen LogP contribution in [0.4, 0.5) is 0 Å². The van der Waals surface area contributed by atoms with Crippen molar-refractivity contribution in [3.05, 3.63) is 0 Å². The minimum atomic E-state index is 0.253. The van der Waals surface area contributed by atoms with E-state index in [2.05, 4.69) is 27.6 Å². The number of carbonyl (C=O) groups is 1. The van der Waals surface area contributed by atoms with Crippen LogP contribution in [0, 0.1) is 0 Å². The highest BCUT2D eigenvalue weighted by Crippen LogP contribution is 2.37. The van der Waals surface area contributed by atoms with E-state index in [1.54, 1.807) is 0 Å². The summed E-state index contributed by atoms with van der Waals surface area (Å²) < 4.78 is 4.58. The SMILES string of the molecule is CPC(C)(P)CCOC=O. The number of hydrogen-bond donors (Lipinski definition) is 0. The molecule has 0 heterocycles. The van der Waals surface area contributed by atoms with Gasteiger partial charge in [0.05, 0.1) is 6.61 Å². The number of hydrogen-bond acceptors (Lipinski definition) is 2. The summed E-state index contributed by atoms with van der Waals surface area (Å²) in [6, 6.07) is 0. The zero-order valence-corrected chi connectivity index (χ0v) is 8.54. The molecule has 0 aromatic carbocycles. The zero-order chi connectivity index (χ0) is 8.04. The molecule has 3 unspecified atom stereocenters. The van der Waals surface area contributed by atoms with Crippen molar-refractivity contribution in [1.82, 2.24) is 0 Å². The first kappa shape index (κ1) is 10.3. The first-order valence-electron chi connectivity index (χ1n) is 3.15. The molecule has 3 atom stereocenters. The normalized spacial score (nSPS) is 17.1. The predicted molar refractivity (Wildman–Crippen MR) is 49.0 cm³/mol. The van der Waals surface area contributed by atoms with Gasteiger partial charge in [0.1, 0.15) is 0 Å². The Morgan fingerprint density at radius 2 is 2.40 bits per heavy atom. The molecule has 0 fully saturated rings. The van der Waals surface area contributed by atoms with Gasteiger partial charge in [-0.3, -0.25) is 4.79 Å². The molecule has 10 heavy (non-hydrogen) atoms. The van der Waals surface area contributed by atoms with E-state index < -0.39 is 0 Å². The first-order valence-corrected chi connectivity index (χ1v) is 5.23. The van der Waals surface area contributed by atoms with E-state index in [1.807, 2.05) is 0 Å². The standard InChI is InChI=1S/C6H14O2P2/c1-6(9,10-2)3-4-8-5-7/h5,10H,3-4,9H2,1-2H3. The van der Waals surface area contributed by atoms with Gasteiger partial charge < -0.3 is 4.74 Å². The van der Waals surface area contributed by atoms with E-state index in [0.717, 1.165) is 15.0 Å². The lowest BCUT2D eigenvalue weighted by atomic mass is 10.3. The molecule has 0 amide bonds. The Hall–Kier alpha value is 0.330. The van der Waals surface area contributed by atoms with Gasteiger partial charge in [-0.05, 0) is 13.1 Å². The average molecular weight is 180 g/mol. The third-order valence-corrected chi connectivity index (χ3v) is 3.93. The minimum absolute atomic E-state index is 0.253. The van der Waals surface area contributed by atoms with Crippen LogP contribution < -0.4 is 0 Å². The van der Waals surface area contributed by atoms with Crippen LogP contribution in [0.5, 0.6) is 0 Å². The quantitative estimate of drug-likeness (QED) is 0.363. The van der Waals surface area contributed by atoms with Gasteiger partial charge in [0.15, 0.2) is 0 Å². The van der Waals surface area contributed by atoms with Crippen LogP contribution in [0.25, 0.3) is 0 Å². The van der Waals surface area contributed by atoms with E-state index in [0.29, 0.717) is 13.1 Å². The van der Waals surface area contributed by atoms with Crippen molar-refractivity contribution < 1.29 is 9.53 Å². The summed E-state index contributed by atoms with van der Waals surface area (Å²) in [7, 11) is 3.64. The molecule has 0 saturated carbocycles. The molecule has 0 saturated heterocycles. The van der Waals surface area contributed by atoms with Crippen molar-refractivity contribution in [3.8, 4) is 0 Å². The smallest absolute Gasteiger partial charge is 0.293 e. The highest BCUT2D eigenvalue weighted by Gasteiger charge is 2.14. The molecule has 0 aromatic heterocycles. The van der Waals surface area contributed by atoms with Gasteiger partial charge in [-0.2, -0.15) is 0 Å². The topological polar surface area (TPSA) is 26.3 Å². The molecule has 0 aliphatic heterocycles. The molecule has 0 spiro atoms. The Morgan fingerprint density at radius 3 is 2.80 bits per heavy atom. The largest absolute Gasteiger partial charge is 0.468 e. The van der Waals surface area contributed by atoms with Crippen LogP contribution in [-0.2, 0) is 9.53 Å². The lowest BCUT2D eigenvalue weighted by Gasteiger charge is -2.20. The number of carbonyl (C=O) groups excluding carboxylic acids is 1. The lowest BCUT2D eigenvalue weighted by molar-refractivity contribution is -0.128. The van der Waals surface area contributed by atoms with Crippen molar-refractivity contribution in [2.24, 2.45) is 0 Å². The maximum atomic E-state index is 9.75. The fraction of sp³-hybridized carbons (Fsp3) is 0.833. The van der Waals surface area contributed by atoms with E-state index in [-0.39, 0.29) is 4.90 Å². The van der Waals surface area contributed by atoms with Crippen LogP contribution in [0.1, 0.15) is 13.3 Å². The molecular formula is C6H14O2P2. The molecule has 4 heteroatoms. The molecule has 0 rings (SSSR count). The Kier molecular flexibility index (Phi) is 5.21. The van der Waals surface area contributed by atoms with Crippen molar-refractivity contribution in [2.45, 2.75) is 18.2 Å². The van der Waals surface area contributed by atoms with Gasteiger partial charge in [-0.25, -0.2) is 0 Å². The van der Waals surface area contributed by atoms with E-state index >= 15 is 0 Å². The molecule has 60 valence electrons.